The zero-order valence-corrected chi connectivity index (χ0v) is 18.2. The van der Waals surface area contributed by atoms with Gasteiger partial charge in [-0.2, -0.15) is 13.6 Å². The van der Waals surface area contributed by atoms with Crippen molar-refractivity contribution in [1.82, 2.24) is 9.55 Å². The van der Waals surface area contributed by atoms with Crippen molar-refractivity contribution in [3.63, 3.8) is 0 Å². The summed E-state index contributed by atoms with van der Waals surface area (Å²) in [6.45, 7) is 0.207. The molecule has 0 radical (unpaired) electrons. The molecule has 0 bridgehead atoms. The van der Waals surface area contributed by atoms with E-state index in [4.69, 9.17) is 29.9 Å². The summed E-state index contributed by atoms with van der Waals surface area (Å²) in [5.41, 5.74) is 4.61. The van der Waals surface area contributed by atoms with Gasteiger partial charge in [0.2, 0.25) is 0 Å². The molecule has 1 aliphatic heterocycles. The Balaban J connectivity index is 2.11. The number of phosphoric acid groups is 3. The SMILES string of the molecule is CC(=O)OC1CC(n2ccc(N)nc2=O)OC1COP(=O)(O)OP(=O)(O)OP(=O)(O)O. The van der Waals surface area contributed by atoms with E-state index in [1.807, 2.05) is 0 Å². The van der Waals surface area contributed by atoms with E-state index in [0.717, 1.165) is 11.5 Å². The summed E-state index contributed by atoms with van der Waals surface area (Å²) in [7, 11) is -16.7. The molecule has 0 saturated carbocycles. The highest BCUT2D eigenvalue weighted by atomic mass is 31.3. The largest absolute Gasteiger partial charge is 0.490 e. The van der Waals surface area contributed by atoms with Crippen molar-refractivity contribution in [3.05, 3.63) is 22.7 Å². The smallest absolute Gasteiger partial charge is 0.460 e. The van der Waals surface area contributed by atoms with Gasteiger partial charge in [0.15, 0.2) is 0 Å². The van der Waals surface area contributed by atoms with Gasteiger partial charge >= 0.3 is 35.1 Å². The van der Waals surface area contributed by atoms with Crippen LogP contribution < -0.4 is 11.4 Å². The lowest BCUT2D eigenvalue weighted by Gasteiger charge is -2.20. The lowest BCUT2D eigenvalue weighted by Crippen LogP contribution is -2.30. The predicted octanol–water partition coefficient (Wildman–Crippen LogP) is -0.612. The first-order valence-corrected chi connectivity index (χ1v) is 12.5. The second-order valence-corrected chi connectivity index (χ2v) is 10.4. The summed E-state index contributed by atoms with van der Waals surface area (Å²) in [5, 5.41) is 0. The number of nitrogens with two attached hydrogens (primary N) is 1. The first-order valence-electron chi connectivity index (χ1n) is 8.02. The Morgan fingerprint density at radius 2 is 1.90 bits per heavy atom. The van der Waals surface area contributed by atoms with Gasteiger partial charge in [0, 0.05) is 19.5 Å². The Morgan fingerprint density at radius 1 is 1.26 bits per heavy atom. The molecule has 1 aliphatic rings. The van der Waals surface area contributed by atoms with Crippen LogP contribution in [0.25, 0.3) is 0 Å². The van der Waals surface area contributed by atoms with Gasteiger partial charge in [-0.05, 0) is 6.07 Å². The monoisotopic (exact) mass is 509 g/mol. The molecule has 1 saturated heterocycles. The third kappa shape index (κ3) is 8.18. The van der Waals surface area contributed by atoms with Crippen LogP contribution in [0.15, 0.2) is 17.1 Å². The molecule has 2 heterocycles. The minimum atomic E-state index is -5.70. The number of anilines is 1. The van der Waals surface area contributed by atoms with Crippen LogP contribution in [0.2, 0.25) is 0 Å². The number of rotatable bonds is 9. The lowest BCUT2D eigenvalue weighted by molar-refractivity contribution is -0.150. The van der Waals surface area contributed by atoms with Gasteiger partial charge in [-0.25, -0.2) is 18.5 Å². The number of hydrogen-bond donors (Lipinski definition) is 5. The van der Waals surface area contributed by atoms with E-state index in [9.17, 15) is 28.2 Å². The number of hydrogen-bond acceptors (Lipinski definition) is 12. The molecule has 20 heteroatoms. The molecule has 1 fully saturated rings. The molecule has 5 unspecified atom stereocenters. The standard InChI is InChI=1S/C11H18N3O14P3/c1-6(15)25-7-4-10(14-3-2-9(12)13-11(14)16)26-8(7)5-24-30(20,21)28-31(22,23)27-29(17,18)19/h2-3,7-8,10H,4-5H2,1H3,(H,20,21)(H,22,23)(H2,12,13,16)(H2,17,18,19). The molecule has 31 heavy (non-hydrogen) atoms. The number of carbonyl (C=O) groups excluding carboxylic acids is 1. The molecule has 176 valence electrons. The van der Waals surface area contributed by atoms with Gasteiger partial charge in [0.05, 0.1) is 6.61 Å². The maximum Gasteiger partial charge on any atom is 0.490 e. The molecule has 0 amide bonds. The average Bonchev–Trinajstić information content (AvgIpc) is 2.91. The predicted molar refractivity (Wildman–Crippen MR) is 96.8 cm³/mol. The molecule has 17 nitrogen and oxygen atoms in total. The molecule has 0 aliphatic carbocycles. The summed E-state index contributed by atoms with van der Waals surface area (Å²) in [6, 6.07) is 1.30. The van der Waals surface area contributed by atoms with Gasteiger partial charge in [-0.3, -0.25) is 13.9 Å². The highest BCUT2D eigenvalue weighted by Crippen LogP contribution is 2.66. The van der Waals surface area contributed by atoms with Gasteiger partial charge in [-0.15, -0.1) is 0 Å². The summed E-state index contributed by atoms with van der Waals surface area (Å²) < 4.78 is 57.0. The Labute approximate surface area is 173 Å². The second-order valence-electron chi connectivity index (χ2n) is 5.94. The van der Waals surface area contributed by atoms with Crippen LogP contribution >= 0.6 is 23.5 Å². The minimum Gasteiger partial charge on any atom is -0.460 e. The number of ether oxygens (including phenoxy) is 2. The molecular weight excluding hydrogens is 491 g/mol. The van der Waals surface area contributed by atoms with Crippen molar-refractivity contribution in [2.45, 2.75) is 31.8 Å². The molecule has 1 aromatic rings. The highest BCUT2D eigenvalue weighted by Gasteiger charge is 2.44. The first kappa shape index (κ1) is 25.8. The summed E-state index contributed by atoms with van der Waals surface area (Å²) >= 11 is 0. The number of carbonyl (C=O) groups is 1. The fourth-order valence-electron chi connectivity index (χ4n) is 2.47. The molecule has 0 spiro atoms. The van der Waals surface area contributed by atoms with Gasteiger partial charge in [-0.1, -0.05) is 0 Å². The molecule has 2 rings (SSSR count). The van der Waals surface area contributed by atoms with Crippen molar-refractivity contribution in [2.75, 3.05) is 12.3 Å². The Bertz CT molecular complexity index is 1020. The van der Waals surface area contributed by atoms with Gasteiger partial charge < -0.3 is 34.8 Å². The zero-order chi connectivity index (χ0) is 23.6. The summed E-state index contributed by atoms with van der Waals surface area (Å²) in [5.74, 6) is -0.805. The van der Waals surface area contributed by atoms with Gasteiger partial charge in [0.25, 0.3) is 0 Å². The van der Waals surface area contributed by atoms with E-state index in [1.54, 1.807) is 0 Å². The normalized spacial score (nSPS) is 25.5. The fourth-order valence-corrected chi connectivity index (χ4v) is 5.50. The van der Waals surface area contributed by atoms with Crippen molar-refractivity contribution in [1.29, 1.82) is 0 Å². The summed E-state index contributed by atoms with van der Waals surface area (Å²) in [6.07, 6.45) is -2.23. The molecule has 1 aromatic heterocycles. The van der Waals surface area contributed by atoms with E-state index < -0.39 is 60.2 Å². The van der Waals surface area contributed by atoms with Crippen LogP contribution in [0, 0.1) is 0 Å². The van der Waals surface area contributed by atoms with Crippen molar-refractivity contribution in [3.8, 4) is 0 Å². The maximum absolute atomic E-state index is 12.0. The fraction of sp³-hybridized carbons (Fsp3) is 0.545. The Morgan fingerprint density at radius 3 is 2.45 bits per heavy atom. The van der Waals surface area contributed by atoms with Crippen molar-refractivity contribution in [2.24, 2.45) is 0 Å². The number of nitrogen functional groups attached to an aromatic ring is 1. The maximum atomic E-state index is 12.0. The lowest BCUT2D eigenvalue weighted by atomic mass is 10.2. The third-order valence-electron chi connectivity index (χ3n) is 3.48. The molecule has 6 N–H and O–H groups in total. The Hall–Kier alpha value is -1.48. The minimum absolute atomic E-state index is 0.0556. The van der Waals surface area contributed by atoms with E-state index in [0.29, 0.717) is 0 Å². The molecule has 0 aromatic carbocycles. The van der Waals surface area contributed by atoms with Crippen LogP contribution in [0.3, 0.4) is 0 Å². The van der Waals surface area contributed by atoms with E-state index in [2.05, 4.69) is 18.1 Å². The van der Waals surface area contributed by atoms with E-state index in [1.165, 1.54) is 12.3 Å². The van der Waals surface area contributed by atoms with E-state index in [-0.39, 0.29) is 12.2 Å². The zero-order valence-electron chi connectivity index (χ0n) is 15.5. The van der Waals surface area contributed by atoms with Crippen LogP contribution in [0.4, 0.5) is 5.82 Å². The van der Waals surface area contributed by atoms with E-state index >= 15 is 0 Å². The summed E-state index contributed by atoms with van der Waals surface area (Å²) in [4.78, 5) is 62.5. The van der Waals surface area contributed by atoms with Crippen LogP contribution in [0.1, 0.15) is 19.6 Å². The van der Waals surface area contributed by atoms with Crippen LogP contribution in [-0.4, -0.2) is 53.9 Å². The number of aromatic nitrogens is 2. The second kappa shape index (κ2) is 9.57. The highest BCUT2D eigenvalue weighted by molar-refractivity contribution is 7.66. The molecular formula is C11H18N3O14P3. The van der Waals surface area contributed by atoms with Crippen LogP contribution in [0.5, 0.6) is 0 Å². The van der Waals surface area contributed by atoms with Crippen LogP contribution in [-0.2, 0) is 41.1 Å². The quantitative estimate of drug-likeness (QED) is 0.205. The number of phosphoric ester groups is 1. The first-order chi connectivity index (χ1) is 14.1. The topological polar surface area (TPSA) is 256 Å². The number of esters is 1. The number of nitrogens with zero attached hydrogens (tertiary/aromatic N) is 2. The Kier molecular flexibility index (Phi) is 7.95. The third-order valence-corrected chi connectivity index (χ3v) is 7.28. The van der Waals surface area contributed by atoms with Crippen molar-refractivity contribution < 1.29 is 60.7 Å². The average molecular weight is 509 g/mol. The molecule has 5 atom stereocenters. The van der Waals surface area contributed by atoms with Crippen molar-refractivity contribution >= 4 is 35.3 Å². The van der Waals surface area contributed by atoms with Gasteiger partial charge in [0.1, 0.15) is 24.3 Å².